The fraction of sp³-hybridized carbons (Fsp3) is 0.533. The number of aromatic nitrogens is 3. The van der Waals surface area contributed by atoms with Crippen LogP contribution >= 0.6 is 0 Å². The second-order valence-corrected chi connectivity index (χ2v) is 6.14. The van der Waals surface area contributed by atoms with Crippen LogP contribution in [0.1, 0.15) is 28.9 Å². The van der Waals surface area contributed by atoms with Crippen LogP contribution in [0, 0.1) is 6.92 Å². The van der Waals surface area contributed by atoms with E-state index in [1.807, 2.05) is 0 Å². The number of aliphatic hydroxyl groups is 1. The molecule has 1 aliphatic rings. The lowest BCUT2D eigenvalue weighted by molar-refractivity contribution is -0.271. The number of likely N-dealkylation sites (tertiary alicyclic amines) is 1. The molecule has 130 valence electrons. The Morgan fingerprint density at radius 3 is 2.54 bits per heavy atom. The number of fused-ring (bicyclic) bond motifs is 1. The zero-order valence-electron chi connectivity index (χ0n) is 13.3. The molecule has 0 atom stereocenters. The van der Waals surface area contributed by atoms with Gasteiger partial charge in [-0.1, -0.05) is 0 Å². The van der Waals surface area contributed by atoms with Gasteiger partial charge in [-0.3, -0.25) is 9.48 Å². The summed E-state index contributed by atoms with van der Waals surface area (Å²) in [7, 11) is 1.70. The van der Waals surface area contributed by atoms with Gasteiger partial charge >= 0.3 is 6.18 Å². The number of carbonyl (C=O) groups is 1. The average molecular weight is 342 g/mol. The molecule has 0 spiro atoms. The van der Waals surface area contributed by atoms with E-state index in [-0.39, 0.29) is 19.0 Å². The third-order valence-corrected chi connectivity index (χ3v) is 4.47. The highest BCUT2D eigenvalue weighted by atomic mass is 19.4. The van der Waals surface area contributed by atoms with E-state index in [9.17, 15) is 23.1 Å². The highest BCUT2D eigenvalue weighted by Gasteiger charge is 2.54. The minimum atomic E-state index is -4.69. The van der Waals surface area contributed by atoms with Gasteiger partial charge in [0.2, 0.25) is 0 Å². The van der Waals surface area contributed by atoms with E-state index in [0.717, 1.165) is 0 Å². The monoisotopic (exact) mass is 342 g/mol. The fourth-order valence-corrected chi connectivity index (χ4v) is 2.95. The number of hydrogen-bond acceptors (Lipinski definition) is 4. The Morgan fingerprint density at radius 1 is 1.33 bits per heavy atom. The van der Waals surface area contributed by atoms with Crippen LogP contribution in [0.5, 0.6) is 0 Å². The highest BCUT2D eigenvalue weighted by Crippen LogP contribution is 2.38. The van der Waals surface area contributed by atoms with Crippen LogP contribution in [0.15, 0.2) is 12.3 Å². The largest absolute Gasteiger partial charge is 0.417 e. The van der Waals surface area contributed by atoms with Crippen LogP contribution in [0.25, 0.3) is 11.0 Å². The SMILES string of the molecule is Cc1cc(C(=O)N2CCC(O)(C(F)(F)F)CC2)c2cnn(C)c2n1. The first kappa shape index (κ1) is 16.7. The first-order chi connectivity index (χ1) is 11.1. The molecule has 2 aromatic rings. The molecular weight excluding hydrogens is 325 g/mol. The molecule has 9 heteroatoms. The first-order valence-corrected chi connectivity index (χ1v) is 7.50. The molecule has 0 unspecified atom stereocenters. The van der Waals surface area contributed by atoms with Crippen molar-refractivity contribution >= 4 is 16.9 Å². The lowest BCUT2D eigenvalue weighted by Gasteiger charge is -2.39. The van der Waals surface area contributed by atoms with Crippen molar-refractivity contribution in [2.45, 2.75) is 31.5 Å². The molecule has 0 radical (unpaired) electrons. The van der Waals surface area contributed by atoms with Gasteiger partial charge in [0.05, 0.1) is 17.1 Å². The predicted octanol–water partition coefficient (Wildman–Crippen LogP) is 1.81. The molecule has 3 rings (SSSR count). The number of carbonyl (C=O) groups excluding carboxylic acids is 1. The molecule has 0 aliphatic carbocycles. The van der Waals surface area contributed by atoms with E-state index < -0.39 is 24.6 Å². The number of rotatable bonds is 1. The van der Waals surface area contributed by atoms with Crippen LogP contribution in [0.4, 0.5) is 13.2 Å². The quantitative estimate of drug-likeness (QED) is 0.858. The Kier molecular flexibility index (Phi) is 3.78. The van der Waals surface area contributed by atoms with E-state index in [0.29, 0.717) is 22.3 Å². The lowest BCUT2D eigenvalue weighted by Crippen LogP contribution is -2.54. The van der Waals surface area contributed by atoms with Crippen molar-refractivity contribution in [3.8, 4) is 0 Å². The topological polar surface area (TPSA) is 71.2 Å². The standard InChI is InChI=1S/C15H17F3N4O2/c1-9-7-10(11-8-19-21(2)12(11)20-9)13(23)22-5-3-14(24,4-6-22)15(16,17)18/h7-8,24H,3-6H2,1-2H3. The maximum absolute atomic E-state index is 12.9. The van der Waals surface area contributed by atoms with Crippen LogP contribution in [-0.2, 0) is 7.05 Å². The van der Waals surface area contributed by atoms with Crippen LogP contribution < -0.4 is 0 Å². The maximum atomic E-state index is 12.9. The van der Waals surface area contributed by atoms with Crippen LogP contribution in [0.2, 0.25) is 0 Å². The number of hydrogen-bond donors (Lipinski definition) is 1. The number of aryl methyl sites for hydroxylation is 2. The normalized spacial score (nSPS) is 18.2. The Labute approximate surface area is 135 Å². The molecular formula is C15H17F3N4O2. The van der Waals surface area contributed by atoms with Crippen molar-refractivity contribution < 1.29 is 23.1 Å². The van der Waals surface area contributed by atoms with Crippen molar-refractivity contribution in [2.24, 2.45) is 7.05 Å². The van der Waals surface area contributed by atoms with Crippen molar-refractivity contribution in [3.05, 3.63) is 23.5 Å². The molecule has 1 amide bonds. The Bertz CT molecular complexity index is 792. The Morgan fingerprint density at radius 2 is 1.96 bits per heavy atom. The number of piperidine rings is 1. The van der Waals surface area contributed by atoms with Gasteiger partial charge in [0.15, 0.2) is 11.2 Å². The lowest BCUT2D eigenvalue weighted by atomic mass is 9.90. The van der Waals surface area contributed by atoms with Gasteiger partial charge in [-0.25, -0.2) is 4.98 Å². The molecule has 2 aromatic heterocycles. The van der Waals surface area contributed by atoms with E-state index in [1.54, 1.807) is 20.0 Å². The molecule has 1 N–H and O–H groups in total. The summed E-state index contributed by atoms with van der Waals surface area (Å²) < 4.78 is 40.1. The molecule has 24 heavy (non-hydrogen) atoms. The van der Waals surface area contributed by atoms with Crippen molar-refractivity contribution in [3.63, 3.8) is 0 Å². The van der Waals surface area contributed by atoms with Crippen molar-refractivity contribution in [1.29, 1.82) is 0 Å². The summed E-state index contributed by atoms with van der Waals surface area (Å²) in [6.07, 6.45) is -4.22. The van der Waals surface area contributed by atoms with E-state index in [2.05, 4.69) is 10.1 Å². The minimum absolute atomic E-state index is 0.155. The zero-order chi connectivity index (χ0) is 17.7. The Hall–Kier alpha value is -2.16. The van der Waals surface area contributed by atoms with Gasteiger partial charge in [0.1, 0.15) is 0 Å². The third-order valence-electron chi connectivity index (χ3n) is 4.47. The van der Waals surface area contributed by atoms with Gasteiger partial charge in [0, 0.05) is 38.7 Å². The van der Waals surface area contributed by atoms with Gasteiger partial charge in [-0.2, -0.15) is 18.3 Å². The number of nitrogens with zero attached hydrogens (tertiary/aromatic N) is 4. The van der Waals surface area contributed by atoms with Crippen molar-refractivity contribution in [1.82, 2.24) is 19.7 Å². The summed E-state index contributed by atoms with van der Waals surface area (Å²) >= 11 is 0. The third kappa shape index (κ3) is 2.62. The zero-order valence-corrected chi connectivity index (χ0v) is 13.3. The van der Waals surface area contributed by atoms with Gasteiger partial charge < -0.3 is 10.0 Å². The van der Waals surface area contributed by atoms with Crippen molar-refractivity contribution in [2.75, 3.05) is 13.1 Å². The summed E-state index contributed by atoms with van der Waals surface area (Å²) in [5.74, 6) is -0.372. The molecule has 0 saturated carbocycles. The van der Waals surface area contributed by atoms with Gasteiger partial charge in [-0.05, 0) is 13.0 Å². The van der Waals surface area contributed by atoms with Gasteiger partial charge in [-0.15, -0.1) is 0 Å². The van der Waals surface area contributed by atoms with Crippen LogP contribution in [0.3, 0.4) is 0 Å². The fourth-order valence-electron chi connectivity index (χ4n) is 2.95. The predicted molar refractivity (Wildman–Crippen MR) is 79.4 cm³/mol. The molecule has 0 bridgehead atoms. The minimum Gasteiger partial charge on any atom is -0.380 e. The molecule has 0 aromatic carbocycles. The summed E-state index contributed by atoms with van der Waals surface area (Å²) in [5, 5.41) is 14.3. The van der Waals surface area contributed by atoms with E-state index in [1.165, 1.54) is 15.8 Å². The maximum Gasteiger partial charge on any atom is 0.417 e. The smallest absolute Gasteiger partial charge is 0.380 e. The molecule has 1 aliphatic heterocycles. The first-order valence-electron chi connectivity index (χ1n) is 7.50. The van der Waals surface area contributed by atoms with E-state index >= 15 is 0 Å². The number of amides is 1. The number of halogens is 3. The summed E-state index contributed by atoms with van der Waals surface area (Å²) in [6.45, 7) is 1.43. The van der Waals surface area contributed by atoms with Gasteiger partial charge in [0.25, 0.3) is 5.91 Å². The number of pyridine rings is 1. The highest BCUT2D eigenvalue weighted by molar-refractivity contribution is 6.05. The second-order valence-electron chi connectivity index (χ2n) is 6.14. The second kappa shape index (κ2) is 5.44. The summed E-state index contributed by atoms with van der Waals surface area (Å²) in [5.41, 5.74) is -1.19. The summed E-state index contributed by atoms with van der Waals surface area (Å²) in [4.78, 5) is 18.4. The summed E-state index contributed by atoms with van der Waals surface area (Å²) in [6, 6.07) is 1.61. The average Bonchev–Trinajstić information content (AvgIpc) is 2.87. The molecule has 6 nitrogen and oxygen atoms in total. The molecule has 1 fully saturated rings. The molecule has 3 heterocycles. The molecule has 1 saturated heterocycles. The number of alkyl halides is 3. The Balaban J connectivity index is 1.87. The van der Waals surface area contributed by atoms with E-state index in [4.69, 9.17) is 0 Å². The van der Waals surface area contributed by atoms with Crippen LogP contribution in [-0.4, -0.2) is 55.5 Å².